The molecule has 0 bridgehead atoms. The number of carbonyl (C=O) groups excluding carboxylic acids is 1. The summed E-state index contributed by atoms with van der Waals surface area (Å²) in [5.74, 6) is 0.627. The van der Waals surface area contributed by atoms with Crippen molar-refractivity contribution in [2.45, 2.75) is 19.9 Å². The van der Waals surface area contributed by atoms with E-state index in [1.165, 1.54) is 7.11 Å². The number of hydrogen-bond acceptors (Lipinski definition) is 7. The summed E-state index contributed by atoms with van der Waals surface area (Å²) < 4.78 is 8.68. The van der Waals surface area contributed by atoms with Gasteiger partial charge < -0.3 is 4.74 Å². The molecule has 10 nitrogen and oxygen atoms in total. The number of pyridine rings is 2. The second-order valence-corrected chi connectivity index (χ2v) is 9.04. The number of hydrogen-bond donors (Lipinski definition) is 0. The first kappa shape index (κ1) is 22.2. The van der Waals surface area contributed by atoms with Crippen LogP contribution in [0, 0.1) is 13.8 Å². The highest BCUT2D eigenvalue weighted by Gasteiger charge is 2.45. The molecule has 0 saturated heterocycles. The Bertz CT molecular complexity index is 1660. The molecule has 180 valence electrons. The number of benzene rings is 1. The van der Waals surface area contributed by atoms with E-state index in [0.29, 0.717) is 45.0 Å². The SMILES string of the molecule is COc1ncccc1-n1nc(C)c2c1C(=O)N(c1cc(C)c3nnn(C)c3n1)C2c1ccc(Cl)cc1. The molecular formula is C25H21ClN8O2. The van der Waals surface area contributed by atoms with Gasteiger partial charge in [0.25, 0.3) is 5.91 Å². The summed E-state index contributed by atoms with van der Waals surface area (Å²) >= 11 is 6.19. The molecule has 5 heterocycles. The minimum absolute atomic E-state index is 0.238. The maximum absolute atomic E-state index is 14.2. The maximum Gasteiger partial charge on any atom is 0.279 e. The van der Waals surface area contributed by atoms with Crippen molar-refractivity contribution in [1.29, 1.82) is 0 Å². The minimum Gasteiger partial charge on any atom is -0.479 e. The lowest BCUT2D eigenvalue weighted by molar-refractivity contribution is 0.0985. The van der Waals surface area contributed by atoms with Crippen molar-refractivity contribution in [1.82, 2.24) is 34.7 Å². The highest BCUT2D eigenvalue weighted by Crippen LogP contribution is 2.44. The normalized spacial score (nSPS) is 15.1. The smallest absolute Gasteiger partial charge is 0.279 e. The van der Waals surface area contributed by atoms with Crippen LogP contribution in [0.5, 0.6) is 5.88 Å². The molecule has 5 aromatic rings. The lowest BCUT2D eigenvalue weighted by atomic mass is 9.99. The Hall–Kier alpha value is -4.31. The van der Waals surface area contributed by atoms with Crippen molar-refractivity contribution in [2.24, 2.45) is 7.05 Å². The van der Waals surface area contributed by atoms with Gasteiger partial charge in [0, 0.05) is 23.8 Å². The summed E-state index contributed by atoms with van der Waals surface area (Å²) in [7, 11) is 3.32. The average molecular weight is 501 g/mol. The summed E-state index contributed by atoms with van der Waals surface area (Å²) in [6, 6.07) is 12.5. The summed E-state index contributed by atoms with van der Waals surface area (Å²) in [5, 5.41) is 13.6. The van der Waals surface area contributed by atoms with Crippen LogP contribution in [-0.2, 0) is 7.05 Å². The van der Waals surface area contributed by atoms with Gasteiger partial charge in [0.1, 0.15) is 22.7 Å². The minimum atomic E-state index is -0.466. The third-order valence-corrected chi connectivity index (χ3v) is 6.65. The number of aromatic nitrogens is 7. The zero-order valence-electron chi connectivity index (χ0n) is 20.0. The highest BCUT2D eigenvalue weighted by atomic mass is 35.5. The Balaban J connectivity index is 1.62. The fourth-order valence-electron chi connectivity index (χ4n) is 4.76. The highest BCUT2D eigenvalue weighted by molar-refractivity contribution is 6.30. The second kappa shape index (κ2) is 8.13. The van der Waals surface area contributed by atoms with Crippen molar-refractivity contribution < 1.29 is 9.53 Å². The molecule has 0 radical (unpaired) electrons. The third kappa shape index (κ3) is 3.18. The molecule has 0 fully saturated rings. The van der Waals surface area contributed by atoms with Crippen LogP contribution in [0.4, 0.5) is 5.82 Å². The van der Waals surface area contributed by atoms with Gasteiger partial charge in [-0.2, -0.15) is 5.10 Å². The van der Waals surface area contributed by atoms with Gasteiger partial charge >= 0.3 is 0 Å². The predicted octanol–water partition coefficient (Wildman–Crippen LogP) is 3.97. The zero-order valence-corrected chi connectivity index (χ0v) is 20.7. The van der Waals surface area contributed by atoms with Crippen molar-refractivity contribution in [3.63, 3.8) is 0 Å². The number of fused-ring (bicyclic) bond motifs is 2. The number of nitrogens with zero attached hydrogens (tertiary/aromatic N) is 8. The Morgan fingerprint density at radius 3 is 2.64 bits per heavy atom. The Labute approximate surface area is 211 Å². The quantitative estimate of drug-likeness (QED) is 0.367. The Morgan fingerprint density at radius 1 is 1.11 bits per heavy atom. The van der Waals surface area contributed by atoms with E-state index in [0.717, 1.165) is 16.7 Å². The van der Waals surface area contributed by atoms with Crippen LogP contribution < -0.4 is 9.64 Å². The van der Waals surface area contributed by atoms with E-state index in [-0.39, 0.29) is 5.91 Å². The first-order valence-corrected chi connectivity index (χ1v) is 11.6. The summed E-state index contributed by atoms with van der Waals surface area (Å²) in [4.78, 5) is 25.0. The van der Waals surface area contributed by atoms with Crippen LogP contribution in [0.25, 0.3) is 16.9 Å². The molecule has 36 heavy (non-hydrogen) atoms. The Kier molecular flexibility index (Phi) is 5.01. The maximum atomic E-state index is 14.2. The molecule has 0 saturated carbocycles. The fourth-order valence-corrected chi connectivity index (χ4v) is 4.89. The molecule has 6 rings (SSSR count). The van der Waals surface area contributed by atoms with E-state index in [2.05, 4.69) is 15.3 Å². The van der Waals surface area contributed by atoms with Gasteiger partial charge in [-0.3, -0.25) is 9.69 Å². The number of halogens is 1. The number of anilines is 1. The van der Waals surface area contributed by atoms with Gasteiger partial charge in [-0.25, -0.2) is 19.3 Å². The molecular weight excluding hydrogens is 480 g/mol. The van der Waals surface area contributed by atoms with Gasteiger partial charge in [0.15, 0.2) is 5.65 Å². The van der Waals surface area contributed by atoms with Gasteiger partial charge in [0.2, 0.25) is 5.88 Å². The average Bonchev–Trinajstić information content (AvgIpc) is 3.52. The van der Waals surface area contributed by atoms with Crippen molar-refractivity contribution in [3.05, 3.63) is 81.8 Å². The number of methoxy groups -OCH3 is 1. The van der Waals surface area contributed by atoms with Crippen LogP contribution in [0.3, 0.4) is 0 Å². The predicted molar refractivity (Wildman–Crippen MR) is 134 cm³/mol. The first-order chi connectivity index (χ1) is 17.4. The zero-order chi connectivity index (χ0) is 25.1. The van der Waals surface area contributed by atoms with Crippen molar-refractivity contribution in [3.8, 4) is 11.6 Å². The molecule has 1 aromatic carbocycles. The van der Waals surface area contributed by atoms with E-state index < -0.39 is 6.04 Å². The number of ether oxygens (including phenoxy) is 1. The monoisotopic (exact) mass is 500 g/mol. The number of aryl methyl sites for hydroxylation is 3. The van der Waals surface area contributed by atoms with Gasteiger partial charge in [-0.05, 0) is 55.3 Å². The van der Waals surface area contributed by atoms with E-state index in [1.54, 1.807) is 33.6 Å². The molecule has 1 unspecified atom stereocenters. The molecule has 0 spiro atoms. The van der Waals surface area contributed by atoms with Gasteiger partial charge in [-0.1, -0.05) is 28.9 Å². The standard InChI is InChI=1S/C25H21ClN8O2/c1-13-12-18(28-23-20(13)29-31-32(23)3)33-21(15-7-9-16(26)10-8-15)19-14(2)30-34(22(19)25(33)35)17-6-5-11-27-24(17)36-4/h5-12,21H,1-4H3. The van der Waals surface area contributed by atoms with E-state index >= 15 is 0 Å². The molecule has 4 aromatic heterocycles. The summed E-state index contributed by atoms with van der Waals surface area (Å²) in [6.45, 7) is 3.82. The van der Waals surface area contributed by atoms with Crippen molar-refractivity contribution >= 4 is 34.5 Å². The number of carbonyl (C=O) groups is 1. The van der Waals surface area contributed by atoms with E-state index in [4.69, 9.17) is 26.4 Å². The van der Waals surface area contributed by atoms with Crippen LogP contribution in [0.15, 0.2) is 48.7 Å². The second-order valence-electron chi connectivity index (χ2n) is 8.60. The van der Waals surface area contributed by atoms with Crippen LogP contribution in [0.2, 0.25) is 5.02 Å². The number of amides is 1. The molecule has 1 aliphatic heterocycles. The topological polar surface area (TPSA) is 104 Å². The van der Waals surface area contributed by atoms with Gasteiger partial charge in [-0.15, -0.1) is 5.10 Å². The number of rotatable bonds is 4. The van der Waals surface area contributed by atoms with Crippen molar-refractivity contribution in [2.75, 3.05) is 12.0 Å². The summed E-state index contributed by atoms with van der Waals surface area (Å²) in [5.41, 5.74) is 5.55. The van der Waals surface area contributed by atoms with Crippen LogP contribution in [-0.4, -0.2) is 47.8 Å². The van der Waals surface area contributed by atoms with E-state index in [1.807, 2.05) is 50.2 Å². The van der Waals surface area contributed by atoms with Crippen LogP contribution in [0.1, 0.15) is 38.9 Å². The lowest BCUT2D eigenvalue weighted by Gasteiger charge is -2.26. The fraction of sp³-hybridized carbons (Fsp3) is 0.200. The lowest BCUT2D eigenvalue weighted by Crippen LogP contribution is -2.31. The molecule has 1 aliphatic rings. The Morgan fingerprint density at radius 2 is 1.89 bits per heavy atom. The molecule has 1 amide bonds. The van der Waals surface area contributed by atoms with Gasteiger partial charge in [0.05, 0.1) is 18.8 Å². The molecule has 1 atom stereocenters. The first-order valence-electron chi connectivity index (χ1n) is 11.2. The largest absolute Gasteiger partial charge is 0.479 e. The summed E-state index contributed by atoms with van der Waals surface area (Å²) in [6.07, 6.45) is 1.63. The molecule has 11 heteroatoms. The van der Waals surface area contributed by atoms with Crippen LogP contribution >= 0.6 is 11.6 Å². The van der Waals surface area contributed by atoms with E-state index in [9.17, 15) is 4.79 Å². The molecule has 0 aliphatic carbocycles. The third-order valence-electron chi connectivity index (χ3n) is 6.40. The molecule has 0 N–H and O–H groups in total.